The van der Waals surface area contributed by atoms with E-state index < -0.39 is 10.6 Å². The highest BCUT2D eigenvalue weighted by molar-refractivity contribution is 7.99. The second-order valence-electron chi connectivity index (χ2n) is 3.39. The molecule has 0 radical (unpaired) electrons. The van der Waals surface area contributed by atoms with Crippen LogP contribution in [-0.2, 0) is 7.05 Å². The van der Waals surface area contributed by atoms with Crippen LogP contribution in [0.15, 0.2) is 27.1 Å². The molecule has 0 saturated heterocycles. The lowest BCUT2D eigenvalue weighted by Gasteiger charge is -2.03. The van der Waals surface area contributed by atoms with E-state index in [4.69, 9.17) is 5.84 Å². The normalized spacial score (nSPS) is 10.4. The smallest absolute Gasteiger partial charge is 0.308 e. The van der Waals surface area contributed by atoms with E-state index in [2.05, 4.69) is 20.6 Å². The van der Waals surface area contributed by atoms with Gasteiger partial charge in [-0.1, -0.05) is 0 Å². The molecule has 19 heavy (non-hydrogen) atoms. The molecule has 10 nitrogen and oxygen atoms in total. The van der Waals surface area contributed by atoms with Crippen molar-refractivity contribution in [2.24, 2.45) is 12.9 Å². The van der Waals surface area contributed by atoms with Crippen molar-refractivity contribution in [2.75, 3.05) is 5.43 Å². The monoisotopic (exact) mass is 283 g/mol. The standard InChI is InChI=1S/C8H9N7O3S/c1-14-7(16)12-13-8(14)19-6-4(15(17)18)2-3-5(10-6)11-9/h2-3H,9H2,1H3,(H,10,11)(H,12,16). The lowest BCUT2D eigenvalue weighted by molar-refractivity contribution is -0.388. The zero-order chi connectivity index (χ0) is 14.0. The molecule has 0 fully saturated rings. The Morgan fingerprint density at radius 3 is 2.84 bits per heavy atom. The number of nitrogens with zero attached hydrogens (tertiary/aromatic N) is 4. The number of nitrogens with two attached hydrogens (primary N) is 1. The molecule has 0 amide bonds. The first kappa shape index (κ1) is 13.0. The Morgan fingerprint density at radius 2 is 2.32 bits per heavy atom. The number of anilines is 1. The van der Waals surface area contributed by atoms with Gasteiger partial charge < -0.3 is 5.43 Å². The van der Waals surface area contributed by atoms with Gasteiger partial charge in [0.25, 0.3) is 0 Å². The van der Waals surface area contributed by atoms with Gasteiger partial charge in [0.1, 0.15) is 5.82 Å². The number of rotatable bonds is 4. The van der Waals surface area contributed by atoms with E-state index in [1.54, 1.807) is 0 Å². The number of nitro groups is 1. The number of aromatic amines is 1. The molecule has 4 N–H and O–H groups in total. The van der Waals surface area contributed by atoms with Crippen molar-refractivity contribution >= 4 is 23.3 Å². The Morgan fingerprint density at radius 1 is 1.58 bits per heavy atom. The molecule has 0 atom stereocenters. The number of hydrogen-bond donors (Lipinski definition) is 3. The van der Waals surface area contributed by atoms with Gasteiger partial charge in [0.05, 0.1) is 4.92 Å². The third-order valence-corrected chi connectivity index (χ3v) is 3.25. The molecule has 11 heteroatoms. The summed E-state index contributed by atoms with van der Waals surface area (Å²) < 4.78 is 1.22. The largest absolute Gasteiger partial charge is 0.343 e. The van der Waals surface area contributed by atoms with Crippen molar-refractivity contribution in [3.63, 3.8) is 0 Å². The molecule has 0 aliphatic carbocycles. The highest BCUT2D eigenvalue weighted by Crippen LogP contribution is 2.32. The third kappa shape index (κ3) is 2.56. The highest BCUT2D eigenvalue weighted by Gasteiger charge is 2.19. The average molecular weight is 283 g/mol. The zero-order valence-corrected chi connectivity index (χ0v) is 10.5. The SMILES string of the molecule is Cn1c(Sc2nc(NN)ccc2[N+](=O)[O-])n[nH]c1=O. The maximum absolute atomic E-state index is 11.2. The van der Waals surface area contributed by atoms with E-state index in [1.807, 2.05) is 0 Å². The van der Waals surface area contributed by atoms with Crippen molar-refractivity contribution in [2.45, 2.75) is 10.2 Å². The van der Waals surface area contributed by atoms with Crippen molar-refractivity contribution < 1.29 is 4.92 Å². The van der Waals surface area contributed by atoms with E-state index in [9.17, 15) is 14.9 Å². The summed E-state index contributed by atoms with van der Waals surface area (Å²) in [6.07, 6.45) is 0. The summed E-state index contributed by atoms with van der Waals surface area (Å²) in [5, 5.41) is 17.2. The predicted molar refractivity (Wildman–Crippen MR) is 66.7 cm³/mol. The zero-order valence-electron chi connectivity index (χ0n) is 9.65. The molecular weight excluding hydrogens is 274 g/mol. The van der Waals surface area contributed by atoms with Crippen LogP contribution in [0, 0.1) is 10.1 Å². The van der Waals surface area contributed by atoms with Gasteiger partial charge in [-0.05, 0) is 17.8 Å². The quantitative estimate of drug-likeness (QED) is 0.399. The highest BCUT2D eigenvalue weighted by atomic mass is 32.2. The van der Waals surface area contributed by atoms with Crippen molar-refractivity contribution in [1.29, 1.82) is 0 Å². The molecule has 0 bridgehead atoms. The third-order valence-electron chi connectivity index (χ3n) is 2.21. The van der Waals surface area contributed by atoms with E-state index in [0.29, 0.717) is 0 Å². The fourth-order valence-electron chi connectivity index (χ4n) is 1.24. The average Bonchev–Trinajstić information content (AvgIpc) is 2.70. The molecule has 0 unspecified atom stereocenters. The lowest BCUT2D eigenvalue weighted by atomic mass is 10.4. The Bertz CT molecular complexity index is 679. The Labute approximate surface area is 110 Å². The molecular formula is C8H9N7O3S. The minimum Gasteiger partial charge on any atom is -0.308 e. The van der Waals surface area contributed by atoms with Gasteiger partial charge in [0.15, 0.2) is 10.2 Å². The number of pyridine rings is 1. The Kier molecular flexibility index (Phi) is 3.48. The van der Waals surface area contributed by atoms with E-state index in [-0.39, 0.29) is 21.7 Å². The summed E-state index contributed by atoms with van der Waals surface area (Å²) in [6.45, 7) is 0. The first-order valence-corrected chi connectivity index (χ1v) is 5.76. The molecule has 0 aromatic carbocycles. The number of nitrogens with one attached hydrogen (secondary N) is 2. The maximum atomic E-state index is 11.2. The number of aromatic nitrogens is 4. The summed E-state index contributed by atoms with van der Waals surface area (Å²) >= 11 is 0.892. The van der Waals surface area contributed by atoms with Gasteiger partial charge in [0.2, 0.25) is 0 Å². The molecule has 0 saturated carbocycles. The summed E-state index contributed by atoms with van der Waals surface area (Å²) in [7, 11) is 1.49. The molecule has 2 heterocycles. The van der Waals surface area contributed by atoms with Gasteiger partial charge in [0, 0.05) is 13.1 Å². The van der Waals surface area contributed by atoms with E-state index in [1.165, 1.54) is 23.7 Å². The van der Waals surface area contributed by atoms with Crippen LogP contribution >= 0.6 is 11.8 Å². The number of hydrazine groups is 1. The lowest BCUT2D eigenvalue weighted by Crippen LogP contribution is -2.13. The minimum absolute atomic E-state index is 0.0857. The number of hydrogen-bond acceptors (Lipinski definition) is 8. The van der Waals surface area contributed by atoms with Crippen LogP contribution in [0.25, 0.3) is 0 Å². The molecule has 2 aromatic rings. The van der Waals surface area contributed by atoms with Crippen LogP contribution in [0.5, 0.6) is 0 Å². The van der Waals surface area contributed by atoms with Gasteiger partial charge in [-0.15, -0.1) is 5.10 Å². The summed E-state index contributed by atoms with van der Waals surface area (Å²) in [5.74, 6) is 5.48. The fourth-order valence-corrected chi connectivity index (χ4v) is 2.11. The molecule has 2 rings (SSSR count). The van der Waals surface area contributed by atoms with Gasteiger partial charge in [-0.2, -0.15) is 0 Å². The van der Waals surface area contributed by atoms with Crippen LogP contribution in [0.4, 0.5) is 11.5 Å². The summed E-state index contributed by atoms with van der Waals surface area (Å²) in [6, 6.07) is 2.65. The van der Waals surface area contributed by atoms with Gasteiger partial charge in [-0.3, -0.25) is 14.7 Å². The van der Waals surface area contributed by atoms with Crippen molar-refractivity contribution in [3.8, 4) is 0 Å². The molecule has 100 valence electrons. The minimum atomic E-state index is -0.569. The summed E-state index contributed by atoms with van der Waals surface area (Å²) in [5.41, 5.74) is 1.68. The second kappa shape index (κ2) is 5.07. The van der Waals surface area contributed by atoms with Crippen molar-refractivity contribution in [1.82, 2.24) is 19.7 Å². The Hall–Kier alpha value is -2.40. The second-order valence-corrected chi connectivity index (χ2v) is 4.35. The van der Waals surface area contributed by atoms with E-state index in [0.717, 1.165) is 11.8 Å². The maximum Gasteiger partial charge on any atom is 0.343 e. The van der Waals surface area contributed by atoms with Crippen molar-refractivity contribution in [3.05, 3.63) is 32.7 Å². The first-order valence-electron chi connectivity index (χ1n) is 4.94. The first-order chi connectivity index (χ1) is 9.02. The topological polar surface area (TPSA) is 145 Å². The van der Waals surface area contributed by atoms with Crippen LogP contribution in [0.2, 0.25) is 0 Å². The molecule has 2 aromatic heterocycles. The van der Waals surface area contributed by atoms with Crippen LogP contribution in [0.1, 0.15) is 0 Å². The van der Waals surface area contributed by atoms with E-state index >= 15 is 0 Å². The predicted octanol–water partition coefficient (Wildman–Crippen LogP) is -0.152. The molecule has 0 aliphatic rings. The van der Waals surface area contributed by atoms with Gasteiger partial charge >= 0.3 is 11.4 Å². The number of H-pyrrole nitrogens is 1. The number of nitrogen functional groups attached to an aromatic ring is 1. The van der Waals surface area contributed by atoms with Crippen LogP contribution < -0.4 is 17.0 Å². The molecule has 0 aliphatic heterocycles. The van der Waals surface area contributed by atoms with Gasteiger partial charge in [-0.25, -0.2) is 20.7 Å². The summed E-state index contributed by atoms with van der Waals surface area (Å²) in [4.78, 5) is 25.5. The van der Waals surface area contributed by atoms with Crippen LogP contribution in [0.3, 0.4) is 0 Å². The Balaban J connectivity index is 2.45. The molecule has 0 spiro atoms. The fraction of sp³-hybridized carbons (Fsp3) is 0.125. The van der Waals surface area contributed by atoms with Crippen LogP contribution in [-0.4, -0.2) is 24.7 Å².